The number of anilines is 1. The molecular weight excluding hydrogens is 401 g/mol. The fourth-order valence-electron chi connectivity index (χ4n) is 2.56. The van der Waals surface area contributed by atoms with Crippen LogP contribution < -0.4 is 10.1 Å². The van der Waals surface area contributed by atoms with Crippen molar-refractivity contribution in [2.45, 2.75) is 13.8 Å². The molecule has 0 saturated heterocycles. The minimum atomic E-state index is -0.381. The van der Waals surface area contributed by atoms with Gasteiger partial charge in [-0.25, -0.2) is 9.07 Å². The van der Waals surface area contributed by atoms with Gasteiger partial charge < -0.3 is 10.1 Å². The van der Waals surface area contributed by atoms with Crippen LogP contribution in [0.4, 0.5) is 10.1 Å². The van der Waals surface area contributed by atoms with Crippen molar-refractivity contribution < 1.29 is 13.9 Å². The first-order valence-electron chi connectivity index (χ1n) is 7.95. The Balaban J connectivity index is 1.71. The second-order valence-corrected chi connectivity index (χ2v) is 6.56. The van der Waals surface area contributed by atoms with Gasteiger partial charge in [0.2, 0.25) is 0 Å². The van der Waals surface area contributed by atoms with E-state index in [9.17, 15) is 9.18 Å². The van der Waals surface area contributed by atoms with Gasteiger partial charge >= 0.3 is 0 Å². The van der Waals surface area contributed by atoms with Crippen molar-refractivity contribution >= 4 is 27.5 Å². The SMILES string of the molecule is Cc1nn(-c2ccccc2)c(C)c1NC(=O)COc1ccc(F)cc1Br. The van der Waals surface area contributed by atoms with E-state index in [0.29, 0.717) is 21.6 Å². The van der Waals surface area contributed by atoms with Crippen LogP contribution in [-0.2, 0) is 4.79 Å². The van der Waals surface area contributed by atoms with Crippen molar-refractivity contribution in [1.29, 1.82) is 0 Å². The van der Waals surface area contributed by atoms with Crippen LogP contribution in [0, 0.1) is 19.7 Å². The quantitative estimate of drug-likeness (QED) is 0.668. The van der Waals surface area contributed by atoms with Crippen molar-refractivity contribution in [3.05, 3.63) is 70.2 Å². The van der Waals surface area contributed by atoms with Gasteiger partial charge in [-0.2, -0.15) is 5.10 Å². The summed E-state index contributed by atoms with van der Waals surface area (Å²) in [6.07, 6.45) is 0. The standard InChI is InChI=1S/C19H17BrFN3O2/c1-12-19(13(2)24(23-12)15-6-4-3-5-7-15)22-18(25)11-26-17-9-8-14(21)10-16(17)20/h3-10H,11H2,1-2H3,(H,22,25). The largest absolute Gasteiger partial charge is 0.483 e. The molecule has 0 saturated carbocycles. The number of benzene rings is 2. The molecule has 0 radical (unpaired) electrons. The lowest BCUT2D eigenvalue weighted by Crippen LogP contribution is -2.21. The third-order valence-electron chi connectivity index (χ3n) is 3.81. The van der Waals surface area contributed by atoms with Gasteiger partial charge in [0, 0.05) is 0 Å². The number of nitrogens with one attached hydrogen (secondary N) is 1. The zero-order chi connectivity index (χ0) is 18.7. The van der Waals surface area contributed by atoms with E-state index in [0.717, 1.165) is 11.4 Å². The lowest BCUT2D eigenvalue weighted by molar-refractivity contribution is -0.118. The van der Waals surface area contributed by atoms with Crippen LogP contribution in [0.15, 0.2) is 53.0 Å². The van der Waals surface area contributed by atoms with E-state index in [2.05, 4.69) is 26.3 Å². The molecule has 0 unspecified atom stereocenters. The number of para-hydroxylation sites is 1. The van der Waals surface area contributed by atoms with Crippen LogP contribution in [0.5, 0.6) is 5.75 Å². The van der Waals surface area contributed by atoms with Crippen molar-refractivity contribution in [3.63, 3.8) is 0 Å². The molecule has 1 aromatic heterocycles. The number of aromatic nitrogens is 2. The highest BCUT2D eigenvalue weighted by Gasteiger charge is 2.16. The first-order chi connectivity index (χ1) is 12.5. The minimum Gasteiger partial charge on any atom is -0.483 e. The number of halogens is 2. The smallest absolute Gasteiger partial charge is 0.262 e. The Bertz CT molecular complexity index is 941. The van der Waals surface area contributed by atoms with Crippen molar-refractivity contribution in [2.24, 2.45) is 0 Å². The van der Waals surface area contributed by atoms with Gasteiger partial charge in [0.05, 0.1) is 27.2 Å². The summed E-state index contributed by atoms with van der Waals surface area (Å²) in [5.41, 5.74) is 3.10. The summed E-state index contributed by atoms with van der Waals surface area (Å²) in [7, 11) is 0. The topological polar surface area (TPSA) is 56.2 Å². The van der Waals surface area contributed by atoms with E-state index in [1.54, 1.807) is 4.68 Å². The number of rotatable bonds is 5. The summed E-state index contributed by atoms with van der Waals surface area (Å²) in [6, 6.07) is 13.7. The summed E-state index contributed by atoms with van der Waals surface area (Å²) in [5, 5.41) is 7.32. The van der Waals surface area contributed by atoms with Crippen LogP contribution in [-0.4, -0.2) is 22.3 Å². The van der Waals surface area contributed by atoms with Gasteiger partial charge in [-0.3, -0.25) is 4.79 Å². The third kappa shape index (κ3) is 3.94. The number of nitrogens with zero attached hydrogens (tertiary/aromatic N) is 2. The molecule has 3 rings (SSSR count). The highest BCUT2D eigenvalue weighted by atomic mass is 79.9. The molecule has 0 aliphatic heterocycles. The van der Waals surface area contributed by atoms with Gasteiger partial charge in [0.25, 0.3) is 5.91 Å². The molecule has 0 aliphatic carbocycles. The lowest BCUT2D eigenvalue weighted by atomic mass is 10.3. The second-order valence-electron chi connectivity index (χ2n) is 5.70. The maximum absolute atomic E-state index is 13.1. The molecule has 5 nitrogen and oxygen atoms in total. The number of hydrogen-bond donors (Lipinski definition) is 1. The van der Waals surface area contributed by atoms with Crippen LogP contribution in [0.25, 0.3) is 5.69 Å². The first-order valence-corrected chi connectivity index (χ1v) is 8.74. The van der Waals surface area contributed by atoms with Crippen LogP contribution in [0.1, 0.15) is 11.4 Å². The van der Waals surface area contributed by atoms with E-state index in [1.165, 1.54) is 18.2 Å². The summed E-state index contributed by atoms with van der Waals surface area (Å²) in [5.74, 6) is -0.303. The van der Waals surface area contributed by atoms with Crippen LogP contribution >= 0.6 is 15.9 Å². The Morgan fingerprint density at radius 3 is 2.65 bits per heavy atom. The van der Waals surface area contributed by atoms with E-state index < -0.39 is 0 Å². The van der Waals surface area contributed by atoms with Gasteiger partial charge in [0.1, 0.15) is 11.6 Å². The predicted octanol–water partition coefficient (Wildman–Crippen LogP) is 4.41. The maximum Gasteiger partial charge on any atom is 0.262 e. The Morgan fingerprint density at radius 1 is 1.23 bits per heavy atom. The van der Waals surface area contributed by atoms with Crippen molar-refractivity contribution in [3.8, 4) is 11.4 Å². The molecule has 0 spiro atoms. The van der Waals surface area contributed by atoms with Gasteiger partial charge in [-0.1, -0.05) is 18.2 Å². The van der Waals surface area contributed by atoms with E-state index in [-0.39, 0.29) is 18.3 Å². The highest BCUT2D eigenvalue weighted by Crippen LogP contribution is 2.26. The van der Waals surface area contributed by atoms with Crippen molar-refractivity contribution in [2.75, 3.05) is 11.9 Å². The fraction of sp³-hybridized carbons (Fsp3) is 0.158. The summed E-state index contributed by atoms with van der Waals surface area (Å²) >= 11 is 3.21. The maximum atomic E-state index is 13.1. The summed E-state index contributed by atoms with van der Waals surface area (Å²) in [4.78, 5) is 12.3. The molecule has 3 aromatic rings. The molecule has 26 heavy (non-hydrogen) atoms. The number of amides is 1. The van der Waals surface area contributed by atoms with Gasteiger partial charge in [0.15, 0.2) is 6.61 Å². The minimum absolute atomic E-state index is 0.195. The van der Waals surface area contributed by atoms with E-state index in [1.807, 2.05) is 44.2 Å². The molecule has 1 N–H and O–H groups in total. The Labute approximate surface area is 158 Å². The van der Waals surface area contributed by atoms with Gasteiger partial charge in [-0.15, -0.1) is 0 Å². The average molecular weight is 418 g/mol. The summed E-state index contributed by atoms with van der Waals surface area (Å²) in [6.45, 7) is 3.53. The van der Waals surface area contributed by atoms with Crippen LogP contribution in [0.2, 0.25) is 0 Å². The summed E-state index contributed by atoms with van der Waals surface area (Å²) < 4.78 is 20.8. The van der Waals surface area contributed by atoms with E-state index in [4.69, 9.17) is 4.74 Å². The Hall–Kier alpha value is -2.67. The number of ether oxygens (including phenoxy) is 1. The molecule has 134 valence electrons. The molecule has 0 atom stereocenters. The normalized spacial score (nSPS) is 10.6. The fourth-order valence-corrected chi connectivity index (χ4v) is 3.02. The first kappa shape index (κ1) is 18.1. The predicted molar refractivity (Wildman–Crippen MR) is 101 cm³/mol. The molecule has 1 amide bonds. The molecule has 0 bridgehead atoms. The monoisotopic (exact) mass is 417 g/mol. The third-order valence-corrected chi connectivity index (χ3v) is 4.43. The number of carbonyl (C=O) groups excluding carboxylic acids is 1. The second kappa shape index (κ2) is 7.70. The molecule has 1 heterocycles. The molecule has 0 aliphatic rings. The van der Waals surface area contributed by atoms with Crippen LogP contribution in [0.3, 0.4) is 0 Å². The lowest BCUT2D eigenvalue weighted by Gasteiger charge is -2.09. The highest BCUT2D eigenvalue weighted by molar-refractivity contribution is 9.10. The molecule has 2 aromatic carbocycles. The molecular formula is C19H17BrFN3O2. The van der Waals surface area contributed by atoms with E-state index >= 15 is 0 Å². The molecule has 0 fully saturated rings. The Morgan fingerprint density at radius 2 is 1.96 bits per heavy atom. The zero-order valence-electron chi connectivity index (χ0n) is 14.3. The Kier molecular flexibility index (Phi) is 5.37. The van der Waals surface area contributed by atoms with Gasteiger partial charge in [-0.05, 0) is 60.1 Å². The number of hydrogen-bond acceptors (Lipinski definition) is 3. The number of carbonyl (C=O) groups is 1. The zero-order valence-corrected chi connectivity index (χ0v) is 15.9. The number of aryl methyl sites for hydroxylation is 1. The average Bonchev–Trinajstić information content (AvgIpc) is 2.90. The molecule has 7 heteroatoms. The van der Waals surface area contributed by atoms with Crippen molar-refractivity contribution in [1.82, 2.24) is 9.78 Å².